The van der Waals surface area contributed by atoms with Gasteiger partial charge in [0.2, 0.25) is 21.8 Å². The summed E-state index contributed by atoms with van der Waals surface area (Å²) in [4.78, 5) is 29.5. The molecule has 0 unspecified atom stereocenters. The van der Waals surface area contributed by atoms with E-state index in [1.807, 2.05) is 44.2 Å². The van der Waals surface area contributed by atoms with E-state index in [4.69, 9.17) is 32.7 Å². The van der Waals surface area contributed by atoms with E-state index in [0.29, 0.717) is 22.8 Å². The van der Waals surface area contributed by atoms with Crippen LogP contribution < -0.4 is 19.1 Å². The molecule has 12 heteroatoms. The topological polar surface area (TPSA) is 105 Å². The smallest absolute Gasteiger partial charge is 0.244 e. The van der Waals surface area contributed by atoms with Crippen molar-refractivity contribution < 1.29 is 27.5 Å². The van der Waals surface area contributed by atoms with Crippen LogP contribution in [0.2, 0.25) is 10.0 Å². The molecule has 0 spiro atoms. The molecular weight excluding hydrogens is 613 g/mol. The maximum atomic E-state index is 14.3. The second-order valence-electron chi connectivity index (χ2n) is 10.1. The van der Waals surface area contributed by atoms with E-state index in [1.54, 1.807) is 30.3 Å². The van der Waals surface area contributed by atoms with E-state index in [1.165, 1.54) is 25.2 Å². The number of sulfonamides is 1. The fraction of sp³-hybridized carbons (Fsp3) is 0.355. The first kappa shape index (κ1) is 34.0. The molecule has 0 aliphatic heterocycles. The van der Waals surface area contributed by atoms with Crippen LogP contribution in [0.5, 0.6) is 11.5 Å². The van der Waals surface area contributed by atoms with Crippen molar-refractivity contribution in [2.75, 3.05) is 31.3 Å². The summed E-state index contributed by atoms with van der Waals surface area (Å²) in [6.45, 7) is 3.18. The summed E-state index contributed by atoms with van der Waals surface area (Å²) in [5.74, 6) is -0.372. The zero-order valence-electron chi connectivity index (χ0n) is 24.8. The van der Waals surface area contributed by atoms with Crippen LogP contribution in [0, 0.1) is 0 Å². The van der Waals surface area contributed by atoms with Gasteiger partial charge in [0, 0.05) is 25.1 Å². The van der Waals surface area contributed by atoms with E-state index in [2.05, 4.69) is 5.32 Å². The summed E-state index contributed by atoms with van der Waals surface area (Å²) in [6.07, 6.45) is 1.87. The third kappa shape index (κ3) is 9.26. The molecule has 232 valence electrons. The number of hydrogen-bond donors (Lipinski definition) is 1. The Bertz CT molecular complexity index is 1520. The molecule has 9 nitrogen and oxygen atoms in total. The highest BCUT2D eigenvalue weighted by Gasteiger charge is 2.34. The standard InChI is InChI=1S/C31H37Cl2N3O6S/c1-6-21(2)34-31(38)28(17-22-10-8-7-9-11-22)35(19-23-12-14-25(32)26(33)16-23)30(37)20-36(43(5,39)40)27-18-24(41-3)13-15-29(27)42-4/h7-16,18,21,28H,6,17,19-20H2,1-5H3,(H,34,38)/t21-,28-/m0/s1. The van der Waals surface area contributed by atoms with Gasteiger partial charge in [0.15, 0.2) is 0 Å². The lowest BCUT2D eigenvalue weighted by atomic mass is 10.0. The SMILES string of the molecule is CC[C@H](C)NC(=O)[C@H](Cc1ccccc1)N(Cc1ccc(Cl)c(Cl)c1)C(=O)CN(c1cc(OC)ccc1OC)S(C)(=O)=O. The zero-order valence-corrected chi connectivity index (χ0v) is 27.2. The third-order valence-electron chi connectivity index (χ3n) is 6.94. The van der Waals surface area contributed by atoms with E-state index in [-0.39, 0.29) is 41.4 Å². The largest absolute Gasteiger partial charge is 0.497 e. The van der Waals surface area contributed by atoms with Crippen molar-refractivity contribution in [1.29, 1.82) is 0 Å². The van der Waals surface area contributed by atoms with Gasteiger partial charge in [-0.2, -0.15) is 0 Å². The van der Waals surface area contributed by atoms with Crippen LogP contribution in [0.3, 0.4) is 0 Å². The molecule has 43 heavy (non-hydrogen) atoms. The Morgan fingerprint density at radius 1 is 0.930 bits per heavy atom. The fourth-order valence-electron chi connectivity index (χ4n) is 4.42. The van der Waals surface area contributed by atoms with Crippen molar-refractivity contribution in [3.63, 3.8) is 0 Å². The van der Waals surface area contributed by atoms with Gasteiger partial charge >= 0.3 is 0 Å². The van der Waals surface area contributed by atoms with Gasteiger partial charge in [-0.1, -0.05) is 66.5 Å². The molecule has 0 heterocycles. The maximum absolute atomic E-state index is 14.3. The lowest BCUT2D eigenvalue weighted by Crippen LogP contribution is -2.54. The Hall–Kier alpha value is -3.47. The molecule has 0 aromatic heterocycles. The third-order valence-corrected chi connectivity index (χ3v) is 8.81. The number of amides is 2. The number of methoxy groups -OCH3 is 2. The van der Waals surface area contributed by atoms with E-state index in [9.17, 15) is 18.0 Å². The van der Waals surface area contributed by atoms with Crippen molar-refractivity contribution >= 4 is 50.7 Å². The number of rotatable bonds is 14. The Morgan fingerprint density at radius 2 is 1.63 bits per heavy atom. The summed E-state index contributed by atoms with van der Waals surface area (Å²) >= 11 is 12.4. The molecule has 0 fully saturated rings. The minimum atomic E-state index is -4.01. The average molecular weight is 651 g/mol. The summed E-state index contributed by atoms with van der Waals surface area (Å²) < 4.78 is 37.9. The fourth-order valence-corrected chi connectivity index (χ4v) is 5.58. The van der Waals surface area contributed by atoms with Crippen LogP contribution in [0.1, 0.15) is 31.4 Å². The molecule has 3 rings (SSSR count). The van der Waals surface area contributed by atoms with Crippen molar-refractivity contribution in [2.24, 2.45) is 0 Å². The summed E-state index contributed by atoms with van der Waals surface area (Å²) in [5, 5.41) is 3.62. The molecule has 0 radical (unpaired) electrons. The predicted molar refractivity (Wildman–Crippen MR) is 171 cm³/mol. The number of halogens is 2. The highest BCUT2D eigenvalue weighted by molar-refractivity contribution is 7.92. The Kier molecular flexibility index (Phi) is 12.1. The van der Waals surface area contributed by atoms with Gasteiger partial charge < -0.3 is 19.7 Å². The van der Waals surface area contributed by atoms with Crippen molar-refractivity contribution in [3.05, 3.63) is 87.9 Å². The monoisotopic (exact) mass is 649 g/mol. The first-order valence-electron chi connectivity index (χ1n) is 13.6. The number of benzene rings is 3. The van der Waals surface area contributed by atoms with Gasteiger partial charge in [0.05, 0.1) is 36.2 Å². The Morgan fingerprint density at radius 3 is 2.21 bits per heavy atom. The highest BCUT2D eigenvalue weighted by Crippen LogP contribution is 2.34. The number of ether oxygens (including phenoxy) is 2. The number of carbonyl (C=O) groups is 2. The quantitative estimate of drug-likeness (QED) is 0.253. The molecule has 2 atom stereocenters. The lowest BCUT2D eigenvalue weighted by molar-refractivity contribution is -0.140. The molecule has 0 saturated carbocycles. The van der Waals surface area contributed by atoms with E-state index < -0.39 is 28.5 Å². The van der Waals surface area contributed by atoms with Crippen LogP contribution in [0.4, 0.5) is 5.69 Å². The van der Waals surface area contributed by atoms with Gasteiger partial charge in [-0.05, 0) is 48.7 Å². The molecule has 2 amide bonds. The van der Waals surface area contributed by atoms with Gasteiger partial charge in [-0.15, -0.1) is 0 Å². The van der Waals surface area contributed by atoms with Crippen molar-refractivity contribution in [1.82, 2.24) is 10.2 Å². The number of anilines is 1. The predicted octanol–water partition coefficient (Wildman–Crippen LogP) is 5.33. The summed E-state index contributed by atoms with van der Waals surface area (Å²) in [7, 11) is -1.15. The van der Waals surface area contributed by atoms with Crippen LogP contribution in [0.15, 0.2) is 66.7 Å². The normalized spacial score (nSPS) is 12.6. The molecule has 1 N–H and O–H groups in total. The lowest BCUT2D eigenvalue weighted by Gasteiger charge is -2.34. The molecule has 0 saturated heterocycles. The molecular formula is C31H37Cl2N3O6S. The minimum Gasteiger partial charge on any atom is -0.497 e. The summed E-state index contributed by atoms with van der Waals surface area (Å²) in [6, 6.07) is 17.8. The van der Waals surface area contributed by atoms with E-state index >= 15 is 0 Å². The molecule has 3 aromatic carbocycles. The summed E-state index contributed by atoms with van der Waals surface area (Å²) in [5.41, 5.74) is 1.56. The van der Waals surface area contributed by atoms with Crippen LogP contribution in [0.25, 0.3) is 0 Å². The van der Waals surface area contributed by atoms with Crippen LogP contribution >= 0.6 is 23.2 Å². The average Bonchev–Trinajstić information content (AvgIpc) is 2.98. The Labute approximate surface area is 263 Å². The highest BCUT2D eigenvalue weighted by atomic mass is 35.5. The van der Waals surface area contributed by atoms with Crippen LogP contribution in [-0.2, 0) is 32.6 Å². The molecule has 3 aromatic rings. The zero-order chi connectivity index (χ0) is 31.7. The maximum Gasteiger partial charge on any atom is 0.244 e. The van der Waals surface area contributed by atoms with Gasteiger partial charge in [0.1, 0.15) is 24.1 Å². The number of nitrogens with one attached hydrogen (secondary N) is 1. The van der Waals surface area contributed by atoms with Crippen molar-refractivity contribution in [3.8, 4) is 11.5 Å². The van der Waals surface area contributed by atoms with E-state index in [0.717, 1.165) is 16.1 Å². The molecule has 0 aliphatic carbocycles. The number of hydrogen-bond acceptors (Lipinski definition) is 6. The van der Waals surface area contributed by atoms with Gasteiger partial charge in [0.25, 0.3) is 0 Å². The van der Waals surface area contributed by atoms with Gasteiger partial charge in [-0.3, -0.25) is 13.9 Å². The molecule has 0 bridgehead atoms. The number of nitrogens with zero attached hydrogens (tertiary/aromatic N) is 2. The first-order valence-corrected chi connectivity index (χ1v) is 16.3. The minimum absolute atomic E-state index is 0.0337. The Balaban J connectivity index is 2.13. The first-order chi connectivity index (χ1) is 20.4. The molecule has 0 aliphatic rings. The van der Waals surface area contributed by atoms with Crippen LogP contribution in [-0.4, -0.2) is 64.2 Å². The number of carbonyl (C=O) groups excluding carboxylic acids is 2. The van der Waals surface area contributed by atoms with Crippen molar-refractivity contribution in [2.45, 2.75) is 45.3 Å². The van der Waals surface area contributed by atoms with Gasteiger partial charge in [-0.25, -0.2) is 8.42 Å². The second-order valence-corrected chi connectivity index (χ2v) is 12.8. The second kappa shape index (κ2) is 15.3.